The summed E-state index contributed by atoms with van der Waals surface area (Å²) >= 11 is 1.63. The van der Waals surface area contributed by atoms with Gasteiger partial charge in [0.2, 0.25) is 15.9 Å². The number of amides is 1. The SMILES string of the molecule is Cc1ccc(-c2cc(NC(=O)C3CCCN3S(=O)(=O)c3ccccc3)n[nH]2)s1. The van der Waals surface area contributed by atoms with E-state index < -0.39 is 16.1 Å². The van der Waals surface area contributed by atoms with E-state index in [4.69, 9.17) is 0 Å². The quantitative estimate of drug-likeness (QED) is 0.667. The topological polar surface area (TPSA) is 95.2 Å². The maximum Gasteiger partial charge on any atom is 0.244 e. The molecule has 9 heteroatoms. The van der Waals surface area contributed by atoms with Gasteiger partial charge in [-0.05, 0) is 44.0 Å². The highest BCUT2D eigenvalue weighted by Gasteiger charge is 2.39. The second kappa shape index (κ2) is 7.50. The maximum atomic E-state index is 12.9. The van der Waals surface area contributed by atoms with Gasteiger partial charge in [-0.3, -0.25) is 9.89 Å². The Balaban J connectivity index is 1.51. The lowest BCUT2D eigenvalue weighted by Gasteiger charge is -2.23. The predicted molar refractivity (Wildman–Crippen MR) is 109 cm³/mol. The molecule has 2 N–H and O–H groups in total. The van der Waals surface area contributed by atoms with Crippen LogP contribution in [0.5, 0.6) is 0 Å². The highest BCUT2D eigenvalue weighted by Crippen LogP contribution is 2.29. The molecule has 2 aromatic heterocycles. The largest absolute Gasteiger partial charge is 0.308 e. The molecule has 7 nitrogen and oxygen atoms in total. The van der Waals surface area contributed by atoms with Gasteiger partial charge in [0.1, 0.15) is 6.04 Å². The first-order chi connectivity index (χ1) is 13.4. The number of thiophene rings is 1. The van der Waals surface area contributed by atoms with Crippen molar-refractivity contribution in [2.45, 2.75) is 30.7 Å². The molecule has 3 aromatic rings. The molecule has 0 saturated carbocycles. The van der Waals surface area contributed by atoms with Crippen molar-refractivity contribution in [2.24, 2.45) is 0 Å². The Labute approximate surface area is 167 Å². The zero-order valence-electron chi connectivity index (χ0n) is 15.3. The number of aromatic amines is 1. The van der Waals surface area contributed by atoms with E-state index in [0.717, 1.165) is 10.6 Å². The second-order valence-electron chi connectivity index (χ2n) is 6.65. The van der Waals surface area contributed by atoms with Crippen LogP contribution in [-0.4, -0.2) is 41.4 Å². The zero-order valence-corrected chi connectivity index (χ0v) is 16.9. The standard InChI is InChI=1S/C19H20N4O3S2/c1-13-9-10-17(27-13)15-12-18(22-21-15)20-19(24)16-8-5-11-23(16)28(25,26)14-6-3-2-4-7-14/h2-4,6-7,9-10,12,16H,5,8,11H2,1H3,(H2,20,21,22,24). The molecular formula is C19H20N4O3S2. The summed E-state index contributed by atoms with van der Waals surface area (Å²) in [6.07, 6.45) is 1.13. The third kappa shape index (κ3) is 3.60. The van der Waals surface area contributed by atoms with E-state index in [2.05, 4.69) is 15.5 Å². The number of benzene rings is 1. The second-order valence-corrected chi connectivity index (χ2v) is 9.83. The van der Waals surface area contributed by atoms with Crippen molar-refractivity contribution in [1.29, 1.82) is 0 Å². The molecule has 28 heavy (non-hydrogen) atoms. The number of aromatic nitrogens is 2. The summed E-state index contributed by atoms with van der Waals surface area (Å²) in [4.78, 5) is 15.2. The Bertz CT molecular complexity index is 1090. The van der Waals surface area contributed by atoms with Gasteiger partial charge in [0, 0.05) is 17.5 Å². The highest BCUT2D eigenvalue weighted by molar-refractivity contribution is 7.89. The molecule has 1 aliphatic rings. The minimum atomic E-state index is -3.71. The first kappa shape index (κ1) is 18.9. The fourth-order valence-electron chi connectivity index (χ4n) is 3.32. The number of anilines is 1. The third-order valence-electron chi connectivity index (χ3n) is 4.69. The number of H-pyrrole nitrogens is 1. The molecule has 1 aliphatic heterocycles. The van der Waals surface area contributed by atoms with Gasteiger partial charge in [-0.2, -0.15) is 9.40 Å². The minimum absolute atomic E-state index is 0.199. The maximum absolute atomic E-state index is 12.9. The van der Waals surface area contributed by atoms with Gasteiger partial charge in [-0.15, -0.1) is 11.3 Å². The van der Waals surface area contributed by atoms with E-state index in [1.807, 2.05) is 19.1 Å². The number of hydrogen-bond acceptors (Lipinski definition) is 5. The molecule has 3 heterocycles. The summed E-state index contributed by atoms with van der Waals surface area (Å²) in [5.74, 6) is 0.0208. The van der Waals surface area contributed by atoms with Gasteiger partial charge < -0.3 is 5.32 Å². The summed E-state index contributed by atoms with van der Waals surface area (Å²) in [5.41, 5.74) is 0.814. The summed E-state index contributed by atoms with van der Waals surface area (Å²) in [7, 11) is -3.71. The molecule has 0 spiro atoms. The van der Waals surface area contributed by atoms with Gasteiger partial charge in [-0.25, -0.2) is 8.42 Å². The van der Waals surface area contributed by atoms with Crippen molar-refractivity contribution in [3.8, 4) is 10.6 Å². The first-order valence-electron chi connectivity index (χ1n) is 8.95. The lowest BCUT2D eigenvalue weighted by Crippen LogP contribution is -2.43. The average Bonchev–Trinajstić information content (AvgIpc) is 3.42. The van der Waals surface area contributed by atoms with Crippen molar-refractivity contribution in [3.63, 3.8) is 0 Å². The van der Waals surface area contributed by atoms with Crippen LogP contribution in [0.15, 0.2) is 53.4 Å². The van der Waals surface area contributed by atoms with E-state index >= 15 is 0 Å². The average molecular weight is 417 g/mol. The lowest BCUT2D eigenvalue weighted by atomic mass is 10.2. The van der Waals surface area contributed by atoms with E-state index in [9.17, 15) is 13.2 Å². The predicted octanol–water partition coefficient (Wildman–Crippen LogP) is 3.24. The van der Waals surface area contributed by atoms with Crippen molar-refractivity contribution in [2.75, 3.05) is 11.9 Å². The Morgan fingerprint density at radius 2 is 2.04 bits per heavy atom. The van der Waals surface area contributed by atoms with Crippen molar-refractivity contribution >= 4 is 33.1 Å². The van der Waals surface area contributed by atoms with Gasteiger partial charge >= 0.3 is 0 Å². The van der Waals surface area contributed by atoms with Gasteiger partial charge in [0.15, 0.2) is 5.82 Å². The molecule has 1 aromatic carbocycles. The minimum Gasteiger partial charge on any atom is -0.308 e. The molecule has 1 amide bonds. The Morgan fingerprint density at radius 1 is 1.25 bits per heavy atom. The van der Waals surface area contributed by atoms with Crippen molar-refractivity contribution in [1.82, 2.24) is 14.5 Å². The molecule has 0 aliphatic carbocycles. The van der Waals surface area contributed by atoms with Gasteiger partial charge in [-0.1, -0.05) is 18.2 Å². The van der Waals surface area contributed by atoms with Crippen LogP contribution in [0.3, 0.4) is 0 Å². The third-order valence-corrected chi connectivity index (χ3v) is 7.65. The normalized spacial score (nSPS) is 17.7. The first-order valence-corrected chi connectivity index (χ1v) is 11.2. The van der Waals surface area contributed by atoms with Crippen LogP contribution < -0.4 is 5.32 Å². The van der Waals surface area contributed by atoms with E-state index in [0.29, 0.717) is 25.2 Å². The Kier molecular flexibility index (Phi) is 5.05. The van der Waals surface area contributed by atoms with Crippen LogP contribution >= 0.6 is 11.3 Å². The summed E-state index contributed by atoms with van der Waals surface area (Å²) in [5, 5.41) is 9.80. The van der Waals surface area contributed by atoms with Crippen LogP contribution in [0, 0.1) is 6.92 Å². The molecule has 0 radical (unpaired) electrons. The monoisotopic (exact) mass is 416 g/mol. The number of aryl methyl sites for hydroxylation is 1. The Hall–Kier alpha value is -2.49. The zero-order chi connectivity index (χ0) is 19.7. The molecule has 1 unspecified atom stereocenters. The number of carbonyl (C=O) groups excluding carboxylic acids is 1. The van der Waals surface area contributed by atoms with Gasteiger partial charge in [0.25, 0.3) is 0 Å². The molecule has 0 bridgehead atoms. The van der Waals surface area contributed by atoms with Crippen molar-refractivity contribution in [3.05, 3.63) is 53.4 Å². The van der Waals surface area contributed by atoms with E-state index in [1.165, 1.54) is 9.18 Å². The van der Waals surface area contributed by atoms with E-state index in [-0.39, 0.29) is 10.8 Å². The number of rotatable bonds is 5. The number of nitrogens with zero attached hydrogens (tertiary/aromatic N) is 2. The number of sulfonamides is 1. The number of carbonyl (C=O) groups is 1. The summed E-state index contributed by atoms with van der Waals surface area (Å²) in [6, 6.07) is 13.2. The molecule has 1 saturated heterocycles. The highest BCUT2D eigenvalue weighted by atomic mass is 32.2. The Morgan fingerprint density at radius 3 is 2.75 bits per heavy atom. The number of hydrogen-bond donors (Lipinski definition) is 2. The van der Waals surface area contributed by atoms with Gasteiger partial charge in [0.05, 0.1) is 15.5 Å². The molecule has 146 valence electrons. The van der Waals surface area contributed by atoms with E-state index in [1.54, 1.807) is 47.7 Å². The van der Waals surface area contributed by atoms with Crippen LogP contribution in [0.2, 0.25) is 0 Å². The van der Waals surface area contributed by atoms with Crippen LogP contribution in [-0.2, 0) is 14.8 Å². The molecule has 1 atom stereocenters. The molecule has 1 fully saturated rings. The van der Waals surface area contributed by atoms with Crippen LogP contribution in [0.4, 0.5) is 5.82 Å². The lowest BCUT2D eigenvalue weighted by molar-refractivity contribution is -0.119. The fourth-order valence-corrected chi connectivity index (χ4v) is 5.83. The smallest absolute Gasteiger partial charge is 0.244 e. The fraction of sp³-hybridized carbons (Fsp3) is 0.263. The number of nitrogens with one attached hydrogen (secondary N) is 2. The van der Waals surface area contributed by atoms with Crippen LogP contribution in [0.25, 0.3) is 10.6 Å². The molecular weight excluding hydrogens is 396 g/mol. The molecule has 4 rings (SSSR count). The summed E-state index contributed by atoms with van der Waals surface area (Å²) < 4.78 is 27.1. The summed E-state index contributed by atoms with van der Waals surface area (Å²) in [6.45, 7) is 2.35. The van der Waals surface area contributed by atoms with Crippen LogP contribution in [0.1, 0.15) is 17.7 Å². The van der Waals surface area contributed by atoms with Crippen molar-refractivity contribution < 1.29 is 13.2 Å².